The van der Waals surface area contributed by atoms with Crippen molar-refractivity contribution in [1.29, 1.82) is 0 Å². The van der Waals surface area contributed by atoms with E-state index in [2.05, 4.69) is 25.3 Å². The smallest absolute Gasteiger partial charge is 0.263 e. The van der Waals surface area contributed by atoms with E-state index in [9.17, 15) is 0 Å². The van der Waals surface area contributed by atoms with E-state index in [1.807, 2.05) is 14.0 Å². The predicted molar refractivity (Wildman–Crippen MR) is 68.6 cm³/mol. The normalized spacial score (nSPS) is 19.9. The highest BCUT2D eigenvalue weighted by Gasteiger charge is 2.25. The molecule has 2 aromatic rings. The molecule has 18 heavy (non-hydrogen) atoms. The Balaban J connectivity index is 1.93. The van der Waals surface area contributed by atoms with Crippen molar-refractivity contribution in [2.24, 2.45) is 5.92 Å². The van der Waals surface area contributed by atoms with E-state index in [0.717, 1.165) is 36.5 Å². The lowest BCUT2D eigenvalue weighted by atomic mass is 10.1. The summed E-state index contributed by atoms with van der Waals surface area (Å²) in [7, 11) is 2.00. The van der Waals surface area contributed by atoms with E-state index in [1.54, 1.807) is 6.33 Å². The number of rotatable bonds is 3. The molecule has 0 amide bonds. The average Bonchev–Trinajstić information content (AvgIpc) is 2.98. The molecular weight excluding hydrogens is 230 g/mol. The number of nitrogens with one attached hydrogen (secondary N) is 1. The summed E-state index contributed by atoms with van der Waals surface area (Å²) in [4.78, 5) is 10.8. The molecule has 1 aliphatic rings. The van der Waals surface area contributed by atoms with Gasteiger partial charge in [-0.1, -0.05) is 5.16 Å². The predicted octanol–water partition coefficient (Wildman–Crippen LogP) is 0.972. The maximum absolute atomic E-state index is 5.18. The third-order valence-corrected chi connectivity index (χ3v) is 3.50. The van der Waals surface area contributed by atoms with Crippen molar-refractivity contribution < 1.29 is 4.52 Å². The first kappa shape index (κ1) is 11.4. The summed E-state index contributed by atoms with van der Waals surface area (Å²) in [5.41, 5.74) is 1.44. The Hall–Kier alpha value is -1.69. The molecule has 1 N–H and O–H groups in total. The number of nitrogens with zero attached hydrogens (tertiary/aromatic N) is 4. The number of aromatic nitrogens is 3. The Morgan fingerprint density at radius 2 is 2.39 bits per heavy atom. The molecule has 0 spiro atoms. The molecule has 1 atom stereocenters. The van der Waals surface area contributed by atoms with Crippen LogP contribution in [0.4, 0.5) is 5.82 Å². The SMILES string of the molecule is CNCC1CCN(c2ncnc3onc(C)c23)C1. The Bertz CT molecular complexity index is 552. The minimum atomic E-state index is 0.578. The summed E-state index contributed by atoms with van der Waals surface area (Å²) in [6.07, 6.45) is 2.74. The Morgan fingerprint density at radius 1 is 1.50 bits per heavy atom. The van der Waals surface area contributed by atoms with Crippen LogP contribution in [-0.2, 0) is 0 Å². The van der Waals surface area contributed by atoms with Gasteiger partial charge in [-0.2, -0.15) is 4.98 Å². The van der Waals surface area contributed by atoms with Crippen LogP contribution in [-0.4, -0.2) is 41.8 Å². The van der Waals surface area contributed by atoms with E-state index < -0.39 is 0 Å². The Morgan fingerprint density at radius 3 is 3.22 bits per heavy atom. The zero-order valence-electron chi connectivity index (χ0n) is 10.7. The molecule has 1 saturated heterocycles. The van der Waals surface area contributed by atoms with Gasteiger partial charge in [0.2, 0.25) is 0 Å². The van der Waals surface area contributed by atoms with E-state index >= 15 is 0 Å². The molecule has 96 valence electrons. The van der Waals surface area contributed by atoms with Gasteiger partial charge in [-0.25, -0.2) is 4.98 Å². The van der Waals surface area contributed by atoms with Gasteiger partial charge in [0.15, 0.2) is 0 Å². The van der Waals surface area contributed by atoms with Crippen LogP contribution in [0.3, 0.4) is 0 Å². The monoisotopic (exact) mass is 247 g/mol. The van der Waals surface area contributed by atoms with Crippen molar-refractivity contribution >= 4 is 16.9 Å². The van der Waals surface area contributed by atoms with Gasteiger partial charge in [0.1, 0.15) is 17.5 Å². The zero-order chi connectivity index (χ0) is 12.5. The maximum Gasteiger partial charge on any atom is 0.263 e. The lowest BCUT2D eigenvalue weighted by molar-refractivity contribution is 0.442. The molecule has 0 radical (unpaired) electrons. The van der Waals surface area contributed by atoms with Crippen LogP contribution in [0, 0.1) is 12.8 Å². The summed E-state index contributed by atoms with van der Waals surface area (Å²) < 4.78 is 5.18. The fourth-order valence-electron chi connectivity index (χ4n) is 2.62. The van der Waals surface area contributed by atoms with Crippen molar-refractivity contribution in [1.82, 2.24) is 20.4 Å². The van der Waals surface area contributed by atoms with Crippen LogP contribution in [0.1, 0.15) is 12.1 Å². The van der Waals surface area contributed by atoms with Gasteiger partial charge in [0, 0.05) is 13.1 Å². The Kier molecular flexibility index (Phi) is 2.87. The van der Waals surface area contributed by atoms with E-state index in [4.69, 9.17) is 4.52 Å². The largest absolute Gasteiger partial charge is 0.356 e. The molecule has 1 unspecified atom stereocenters. The van der Waals surface area contributed by atoms with E-state index in [1.165, 1.54) is 6.42 Å². The first-order valence-electron chi connectivity index (χ1n) is 6.26. The quantitative estimate of drug-likeness (QED) is 0.871. The topological polar surface area (TPSA) is 67.1 Å². The minimum Gasteiger partial charge on any atom is -0.356 e. The first-order chi connectivity index (χ1) is 8.79. The molecule has 0 saturated carbocycles. The lowest BCUT2D eigenvalue weighted by Gasteiger charge is -2.17. The first-order valence-corrected chi connectivity index (χ1v) is 6.26. The molecule has 0 bridgehead atoms. The molecule has 6 heteroatoms. The summed E-state index contributed by atoms with van der Waals surface area (Å²) in [6, 6.07) is 0. The second-order valence-corrected chi connectivity index (χ2v) is 4.80. The molecule has 1 fully saturated rings. The van der Waals surface area contributed by atoms with Crippen LogP contribution in [0.2, 0.25) is 0 Å². The van der Waals surface area contributed by atoms with Crippen LogP contribution in [0.5, 0.6) is 0 Å². The van der Waals surface area contributed by atoms with Crippen LogP contribution in [0.25, 0.3) is 11.1 Å². The summed E-state index contributed by atoms with van der Waals surface area (Å²) in [6.45, 7) is 5.04. The summed E-state index contributed by atoms with van der Waals surface area (Å²) in [5.74, 6) is 1.64. The van der Waals surface area contributed by atoms with Gasteiger partial charge in [0.25, 0.3) is 5.71 Å². The highest BCUT2D eigenvalue weighted by Crippen LogP contribution is 2.29. The highest BCUT2D eigenvalue weighted by atomic mass is 16.5. The summed E-state index contributed by atoms with van der Waals surface area (Å²) in [5, 5.41) is 8.15. The zero-order valence-corrected chi connectivity index (χ0v) is 10.7. The molecule has 3 rings (SSSR count). The van der Waals surface area contributed by atoms with Gasteiger partial charge >= 0.3 is 0 Å². The maximum atomic E-state index is 5.18. The standard InChI is InChI=1S/C12H17N5O/c1-8-10-11(14-7-15-12(10)18-16-8)17-4-3-9(6-17)5-13-2/h7,9,13H,3-6H2,1-2H3. The molecule has 6 nitrogen and oxygen atoms in total. The van der Waals surface area contributed by atoms with Crippen molar-refractivity contribution in [3.63, 3.8) is 0 Å². The van der Waals surface area contributed by atoms with Gasteiger partial charge < -0.3 is 14.7 Å². The molecule has 0 aliphatic carbocycles. The fraction of sp³-hybridized carbons (Fsp3) is 0.583. The van der Waals surface area contributed by atoms with Crippen LogP contribution < -0.4 is 10.2 Å². The van der Waals surface area contributed by atoms with Gasteiger partial charge in [0.05, 0.1) is 5.69 Å². The number of anilines is 1. The van der Waals surface area contributed by atoms with Crippen molar-refractivity contribution in [2.45, 2.75) is 13.3 Å². The van der Waals surface area contributed by atoms with Crippen molar-refractivity contribution in [3.05, 3.63) is 12.0 Å². The second kappa shape index (κ2) is 4.53. The third-order valence-electron chi connectivity index (χ3n) is 3.50. The Labute approximate surface area is 105 Å². The molecule has 2 aromatic heterocycles. The average molecular weight is 247 g/mol. The van der Waals surface area contributed by atoms with Crippen molar-refractivity contribution in [2.75, 3.05) is 31.6 Å². The summed E-state index contributed by atoms with van der Waals surface area (Å²) >= 11 is 0. The highest BCUT2D eigenvalue weighted by molar-refractivity contribution is 5.87. The van der Waals surface area contributed by atoms with Crippen molar-refractivity contribution in [3.8, 4) is 0 Å². The number of hydrogen-bond donors (Lipinski definition) is 1. The lowest BCUT2D eigenvalue weighted by Crippen LogP contribution is -2.25. The van der Waals surface area contributed by atoms with Crippen LogP contribution >= 0.6 is 0 Å². The number of fused-ring (bicyclic) bond motifs is 1. The third kappa shape index (κ3) is 1.82. The minimum absolute atomic E-state index is 0.578. The second-order valence-electron chi connectivity index (χ2n) is 4.80. The molecule has 1 aliphatic heterocycles. The molecular formula is C12H17N5O. The number of hydrogen-bond acceptors (Lipinski definition) is 6. The number of aryl methyl sites for hydroxylation is 1. The molecule has 3 heterocycles. The van der Waals surface area contributed by atoms with E-state index in [0.29, 0.717) is 11.6 Å². The van der Waals surface area contributed by atoms with Gasteiger partial charge in [-0.3, -0.25) is 0 Å². The van der Waals surface area contributed by atoms with E-state index in [-0.39, 0.29) is 0 Å². The fourth-order valence-corrected chi connectivity index (χ4v) is 2.62. The molecule has 0 aromatic carbocycles. The van der Waals surface area contributed by atoms with Gasteiger partial charge in [-0.15, -0.1) is 0 Å². The van der Waals surface area contributed by atoms with Gasteiger partial charge in [-0.05, 0) is 32.9 Å². The van der Waals surface area contributed by atoms with Crippen LogP contribution in [0.15, 0.2) is 10.9 Å².